The number of amides is 1. The molecule has 1 atom stereocenters. The van der Waals surface area contributed by atoms with Gasteiger partial charge in [0.25, 0.3) is 0 Å². The van der Waals surface area contributed by atoms with Gasteiger partial charge in [-0.3, -0.25) is 4.79 Å². The standard InChI is InChI=1S/C10H20N2O/c1-8(2)10(7-11)5-4-6-12(3)9(10)13/h8H,4-7,11H2,1-3H3. The predicted octanol–water partition coefficient (Wildman–Crippen LogP) is 0.840. The van der Waals surface area contributed by atoms with Crippen LogP contribution in [0.2, 0.25) is 0 Å². The van der Waals surface area contributed by atoms with Gasteiger partial charge >= 0.3 is 0 Å². The molecule has 0 saturated carbocycles. The highest BCUT2D eigenvalue weighted by Crippen LogP contribution is 2.36. The lowest BCUT2D eigenvalue weighted by atomic mass is 9.71. The van der Waals surface area contributed by atoms with E-state index in [1.807, 2.05) is 11.9 Å². The smallest absolute Gasteiger partial charge is 0.230 e. The lowest BCUT2D eigenvalue weighted by Crippen LogP contribution is -2.53. The van der Waals surface area contributed by atoms with E-state index in [0.717, 1.165) is 19.4 Å². The molecule has 1 aliphatic rings. The third-order valence-corrected chi connectivity index (χ3v) is 3.36. The SMILES string of the molecule is CC(C)C1(CN)CCCN(C)C1=O. The van der Waals surface area contributed by atoms with Gasteiger partial charge in [0.2, 0.25) is 5.91 Å². The zero-order valence-corrected chi connectivity index (χ0v) is 8.84. The highest BCUT2D eigenvalue weighted by molar-refractivity contribution is 5.83. The average Bonchev–Trinajstić information content (AvgIpc) is 2.09. The maximum Gasteiger partial charge on any atom is 0.230 e. The number of hydrogen-bond donors (Lipinski definition) is 1. The third-order valence-electron chi connectivity index (χ3n) is 3.36. The van der Waals surface area contributed by atoms with Crippen LogP contribution >= 0.6 is 0 Å². The summed E-state index contributed by atoms with van der Waals surface area (Å²) in [4.78, 5) is 13.8. The van der Waals surface area contributed by atoms with Crippen LogP contribution in [-0.4, -0.2) is 30.9 Å². The van der Waals surface area contributed by atoms with Crippen LogP contribution in [0.1, 0.15) is 26.7 Å². The molecule has 3 heteroatoms. The second-order valence-electron chi connectivity index (χ2n) is 4.35. The van der Waals surface area contributed by atoms with Gasteiger partial charge in [0.15, 0.2) is 0 Å². The van der Waals surface area contributed by atoms with E-state index in [1.165, 1.54) is 0 Å². The first kappa shape index (κ1) is 10.5. The number of rotatable bonds is 2. The third kappa shape index (κ3) is 1.57. The summed E-state index contributed by atoms with van der Waals surface area (Å²) in [6.45, 7) is 5.54. The van der Waals surface area contributed by atoms with Gasteiger partial charge in [-0.1, -0.05) is 13.8 Å². The molecule has 0 aromatic carbocycles. The first-order chi connectivity index (χ1) is 6.04. The number of carbonyl (C=O) groups is 1. The second-order valence-corrected chi connectivity index (χ2v) is 4.35. The number of nitrogens with zero attached hydrogens (tertiary/aromatic N) is 1. The Kier molecular flexibility index (Phi) is 2.96. The zero-order valence-electron chi connectivity index (χ0n) is 8.84. The summed E-state index contributed by atoms with van der Waals surface area (Å²) < 4.78 is 0. The molecule has 1 unspecified atom stereocenters. The van der Waals surface area contributed by atoms with Crippen molar-refractivity contribution in [2.75, 3.05) is 20.1 Å². The molecule has 76 valence electrons. The molecule has 0 aliphatic carbocycles. The molecule has 1 heterocycles. The molecule has 0 radical (unpaired) electrons. The molecule has 3 nitrogen and oxygen atoms in total. The lowest BCUT2D eigenvalue weighted by molar-refractivity contribution is -0.147. The van der Waals surface area contributed by atoms with Gasteiger partial charge in [0, 0.05) is 20.1 Å². The van der Waals surface area contributed by atoms with Gasteiger partial charge in [-0.25, -0.2) is 0 Å². The number of hydrogen-bond acceptors (Lipinski definition) is 2. The molecular formula is C10H20N2O. The molecule has 0 aromatic rings. The van der Waals surface area contributed by atoms with Crippen molar-refractivity contribution in [2.24, 2.45) is 17.1 Å². The van der Waals surface area contributed by atoms with Crippen molar-refractivity contribution in [3.05, 3.63) is 0 Å². The zero-order chi connectivity index (χ0) is 10.1. The van der Waals surface area contributed by atoms with Crippen molar-refractivity contribution in [1.82, 2.24) is 4.90 Å². The Morgan fingerprint density at radius 2 is 2.23 bits per heavy atom. The summed E-state index contributed by atoms with van der Waals surface area (Å²) in [5.41, 5.74) is 5.46. The van der Waals surface area contributed by atoms with Gasteiger partial charge in [-0.05, 0) is 18.8 Å². The average molecular weight is 184 g/mol. The normalized spacial score (nSPS) is 29.9. The molecule has 0 spiro atoms. The summed E-state index contributed by atoms with van der Waals surface area (Å²) in [5.74, 6) is 0.573. The lowest BCUT2D eigenvalue weighted by Gasteiger charge is -2.42. The predicted molar refractivity (Wildman–Crippen MR) is 53.2 cm³/mol. The van der Waals surface area contributed by atoms with Crippen LogP contribution in [0.5, 0.6) is 0 Å². The number of likely N-dealkylation sites (tertiary alicyclic amines) is 1. The van der Waals surface area contributed by atoms with Crippen molar-refractivity contribution >= 4 is 5.91 Å². The largest absolute Gasteiger partial charge is 0.345 e. The molecule has 2 N–H and O–H groups in total. The molecule has 1 rings (SSSR count). The van der Waals surface area contributed by atoms with E-state index < -0.39 is 0 Å². The number of nitrogens with two attached hydrogens (primary N) is 1. The topological polar surface area (TPSA) is 46.3 Å². The van der Waals surface area contributed by atoms with Crippen LogP contribution in [-0.2, 0) is 4.79 Å². The fraction of sp³-hybridized carbons (Fsp3) is 0.900. The van der Waals surface area contributed by atoms with Crippen molar-refractivity contribution in [3.63, 3.8) is 0 Å². The quantitative estimate of drug-likeness (QED) is 0.691. The minimum atomic E-state index is -0.285. The molecule has 13 heavy (non-hydrogen) atoms. The monoisotopic (exact) mass is 184 g/mol. The summed E-state index contributed by atoms with van der Waals surface area (Å²) in [7, 11) is 1.87. The van der Waals surface area contributed by atoms with E-state index in [0.29, 0.717) is 12.5 Å². The van der Waals surface area contributed by atoms with E-state index >= 15 is 0 Å². The highest BCUT2D eigenvalue weighted by atomic mass is 16.2. The summed E-state index contributed by atoms with van der Waals surface area (Å²) in [6.07, 6.45) is 2.03. The Labute approximate surface area is 80.3 Å². The van der Waals surface area contributed by atoms with Crippen LogP contribution in [0.15, 0.2) is 0 Å². The van der Waals surface area contributed by atoms with Gasteiger partial charge in [0.05, 0.1) is 5.41 Å². The highest BCUT2D eigenvalue weighted by Gasteiger charge is 2.43. The van der Waals surface area contributed by atoms with Gasteiger partial charge < -0.3 is 10.6 Å². The maximum absolute atomic E-state index is 12.0. The van der Waals surface area contributed by atoms with Crippen LogP contribution < -0.4 is 5.73 Å². The van der Waals surface area contributed by atoms with E-state index in [4.69, 9.17) is 5.73 Å². The Bertz CT molecular complexity index is 203. The first-order valence-electron chi connectivity index (χ1n) is 5.00. The molecular weight excluding hydrogens is 164 g/mol. The van der Waals surface area contributed by atoms with Crippen molar-refractivity contribution in [2.45, 2.75) is 26.7 Å². The minimum Gasteiger partial charge on any atom is -0.345 e. The van der Waals surface area contributed by atoms with Crippen LogP contribution in [0, 0.1) is 11.3 Å². The minimum absolute atomic E-state index is 0.233. The summed E-state index contributed by atoms with van der Waals surface area (Å²) in [5, 5.41) is 0. The summed E-state index contributed by atoms with van der Waals surface area (Å²) >= 11 is 0. The number of carbonyl (C=O) groups excluding carboxylic acids is 1. The molecule has 0 aromatic heterocycles. The molecule has 1 fully saturated rings. The Morgan fingerprint density at radius 3 is 2.62 bits per heavy atom. The maximum atomic E-state index is 12.0. The Morgan fingerprint density at radius 1 is 1.62 bits per heavy atom. The molecule has 1 aliphatic heterocycles. The summed E-state index contributed by atoms with van der Waals surface area (Å²) in [6, 6.07) is 0. The van der Waals surface area contributed by atoms with Crippen molar-refractivity contribution in [3.8, 4) is 0 Å². The molecule has 0 bridgehead atoms. The first-order valence-corrected chi connectivity index (χ1v) is 5.00. The Hall–Kier alpha value is -0.570. The van der Waals surface area contributed by atoms with E-state index in [2.05, 4.69) is 13.8 Å². The van der Waals surface area contributed by atoms with Gasteiger partial charge in [-0.15, -0.1) is 0 Å². The molecule has 1 saturated heterocycles. The van der Waals surface area contributed by atoms with E-state index in [9.17, 15) is 4.79 Å². The van der Waals surface area contributed by atoms with Gasteiger partial charge in [0.1, 0.15) is 0 Å². The second kappa shape index (κ2) is 3.66. The van der Waals surface area contributed by atoms with Crippen LogP contribution in [0.3, 0.4) is 0 Å². The fourth-order valence-corrected chi connectivity index (χ4v) is 2.18. The van der Waals surface area contributed by atoms with Crippen molar-refractivity contribution < 1.29 is 4.79 Å². The van der Waals surface area contributed by atoms with Crippen molar-refractivity contribution in [1.29, 1.82) is 0 Å². The van der Waals surface area contributed by atoms with Gasteiger partial charge in [-0.2, -0.15) is 0 Å². The van der Waals surface area contributed by atoms with E-state index in [-0.39, 0.29) is 11.3 Å². The molecule has 1 amide bonds. The fourth-order valence-electron chi connectivity index (χ4n) is 2.18. The van der Waals surface area contributed by atoms with Crippen LogP contribution in [0.25, 0.3) is 0 Å². The Balaban J connectivity index is 2.90. The number of piperidine rings is 1. The van der Waals surface area contributed by atoms with E-state index in [1.54, 1.807) is 0 Å². The van der Waals surface area contributed by atoms with Crippen LogP contribution in [0.4, 0.5) is 0 Å².